The molecule has 3 aliphatic rings. The monoisotopic (exact) mass is 252 g/mol. The van der Waals surface area contributed by atoms with E-state index in [0.717, 1.165) is 31.1 Å². The normalized spacial score (nSPS) is 38.5. The van der Waals surface area contributed by atoms with Crippen molar-refractivity contribution in [1.29, 1.82) is 0 Å². The van der Waals surface area contributed by atoms with Crippen molar-refractivity contribution in [1.82, 2.24) is 10.2 Å². The van der Waals surface area contributed by atoms with E-state index >= 15 is 0 Å². The molecule has 0 bridgehead atoms. The van der Waals surface area contributed by atoms with E-state index in [1.54, 1.807) is 0 Å². The number of piperazine rings is 1. The van der Waals surface area contributed by atoms with Crippen LogP contribution in [0.15, 0.2) is 0 Å². The molecule has 2 aliphatic heterocycles. The fraction of sp³-hybridized carbons (Fsp3) is 1.00. The lowest BCUT2D eigenvalue weighted by molar-refractivity contribution is 0.0553. The maximum atomic E-state index is 5.61. The summed E-state index contributed by atoms with van der Waals surface area (Å²) >= 11 is 0. The minimum atomic E-state index is 0.695. The summed E-state index contributed by atoms with van der Waals surface area (Å²) in [6, 6.07) is 2.19. The second kappa shape index (κ2) is 5.48. The molecule has 0 amide bonds. The van der Waals surface area contributed by atoms with Crippen LogP contribution >= 0.6 is 0 Å². The zero-order chi connectivity index (χ0) is 12.5. The lowest BCUT2D eigenvalue weighted by atomic mass is 9.96. The van der Waals surface area contributed by atoms with Gasteiger partial charge in [0.1, 0.15) is 0 Å². The van der Waals surface area contributed by atoms with E-state index in [2.05, 4.69) is 24.1 Å². The van der Waals surface area contributed by atoms with Crippen LogP contribution < -0.4 is 5.32 Å². The summed E-state index contributed by atoms with van der Waals surface area (Å²) in [5, 5.41) is 3.79. The quantitative estimate of drug-likeness (QED) is 0.827. The first-order valence-electron chi connectivity index (χ1n) is 7.81. The van der Waals surface area contributed by atoms with Crippen molar-refractivity contribution >= 4 is 0 Å². The minimum absolute atomic E-state index is 0.695. The molecule has 0 aromatic carbocycles. The summed E-state index contributed by atoms with van der Waals surface area (Å²) < 4.78 is 5.61. The molecule has 1 aliphatic carbocycles. The van der Waals surface area contributed by atoms with Gasteiger partial charge in [0.2, 0.25) is 0 Å². The Morgan fingerprint density at radius 3 is 2.72 bits per heavy atom. The highest BCUT2D eigenvalue weighted by atomic mass is 16.5. The average Bonchev–Trinajstić information content (AvgIpc) is 3.03. The average molecular weight is 252 g/mol. The SMILES string of the molecule is CC(C)CC1CN(C2CCOC2)C(C2CC2)CN1. The molecule has 3 atom stereocenters. The molecule has 3 nitrogen and oxygen atoms in total. The van der Waals surface area contributed by atoms with Gasteiger partial charge in [0.25, 0.3) is 0 Å². The highest BCUT2D eigenvalue weighted by molar-refractivity contribution is 4.98. The van der Waals surface area contributed by atoms with Crippen LogP contribution in [0.2, 0.25) is 0 Å². The molecule has 3 fully saturated rings. The van der Waals surface area contributed by atoms with E-state index in [1.165, 1.54) is 38.8 Å². The second-order valence-electron chi connectivity index (χ2n) is 6.85. The fourth-order valence-electron chi connectivity index (χ4n) is 3.71. The predicted octanol–water partition coefficient (Wildman–Crippen LogP) is 1.87. The van der Waals surface area contributed by atoms with E-state index in [4.69, 9.17) is 4.74 Å². The summed E-state index contributed by atoms with van der Waals surface area (Å²) in [4.78, 5) is 2.80. The Balaban J connectivity index is 1.63. The van der Waals surface area contributed by atoms with Crippen LogP contribution in [0.25, 0.3) is 0 Å². The Morgan fingerprint density at radius 1 is 1.28 bits per heavy atom. The Bertz CT molecular complexity index is 272. The van der Waals surface area contributed by atoms with Crippen LogP contribution in [0.5, 0.6) is 0 Å². The summed E-state index contributed by atoms with van der Waals surface area (Å²) in [6.45, 7) is 9.06. The Labute approximate surface area is 111 Å². The highest BCUT2D eigenvalue weighted by Crippen LogP contribution is 2.38. The van der Waals surface area contributed by atoms with Crippen LogP contribution in [0.1, 0.15) is 39.5 Å². The molecule has 3 heteroatoms. The van der Waals surface area contributed by atoms with E-state index in [9.17, 15) is 0 Å². The minimum Gasteiger partial charge on any atom is -0.380 e. The van der Waals surface area contributed by atoms with Crippen molar-refractivity contribution in [2.24, 2.45) is 11.8 Å². The number of hydrogen-bond donors (Lipinski definition) is 1. The van der Waals surface area contributed by atoms with Crippen molar-refractivity contribution in [2.45, 2.75) is 57.7 Å². The summed E-state index contributed by atoms with van der Waals surface area (Å²) in [7, 11) is 0. The van der Waals surface area contributed by atoms with Gasteiger partial charge in [-0.3, -0.25) is 4.90 Å². The first-order valence-corrected chi connectivity index (χ1v) is 7.81. The van der Waals surface area contributed by atoms with Crippen LogP contribution in [0, 0.1) is 11.8 Å². The summed E-state index contributed by atoms with van der Waals surface area (Å²) in [6.07, 6.45) is 5.45. The molecule has 0 aromatic heterocycles. The van der Waals surface area contributed by atoms with Gasteiger partial charge < -0.3 is 10.1 Å². The van der Waals surface area contributed by atoms with Gasteiger partial charge in [0, 0.05) is 37.8 Å². The van der Waals surface area contributed by atoms with Crippen LogP contribution in [-0.2, 0) is 4.74 Å². The molecule has 1 saturated carbocycles. The Morgan fingerprint density at radius 2 is 2.11 bits per heavy atom. The molecule has 0 radical (unpaired) electrons. The molecule has 1 N–H and O–H groups in total. The van der Waals surface area contributed by atoms with Gasteiger partial charge in [-0.25, -0.2) is 0 Å². The Hall–Kier alpha value is -0.120. The molecule has 0 spiro atoms. The van der Waals surface area contributed by atoms with Gasteiger partial charge in [0.05, 0.1) is 6.61 Å². The van der Waals surface area contributed by atoms with E-state index in [-0.39, 0.29) is 0 Å². The number of hydrogen-bond acceptors (Lipinski definition) is 3. The van der Waals surface area contributed by atoms with Gasteiger partial charge in [0.15, 0.2) is 0 Å². The van der Waals surface area contributed by atoms with Crippen molar-refractivity contribution in [2.75, 3.05) is 26.3 Å². The molecule has 2 saturated heterocycles. The van der Waals surface area contributed by atoms with Crippen molar-refractivity contribution < 1.29 is 4.74 Å². The third-order valence-corrected chi connectivity index (χ3v) is 4.77. The molecule has 18 heavy (non-hydrogen) atoms. The van der Waals surface area contributed by atoms with E-state index in [1.807, 2.05) is 0 Å². The third-order valence-electron chi connectivity index (χ3n) is 4.77. The van der Waals surface area contributed by atoms with Crippen molar-refractivity contribution in [3.8, 4) is 0 Å². The van der Waals surface area contributed by atoms with Gasteiger partial charge in [-0.2, -0.15) is 0 Å². The predicted molar refractivity (Wildman–Crippen MR) is 73.7 cm³/mol. The molecule has 0 aromatic rings. The van der Waals surface area contributed by atoms with Gasteiger partial charge in [-0.15, -0.1) is 0 Å². The van der Waals surface area contributed by atoms with Crippen LogP contribution in [0.4, 0.5) is 0 Å². The first-order chi connectivity index (χ1) is 8.74. The first kappa shape index (κ1) is 12.9. The second-order valence-corrected chi connectivity index (χ2v) is 6.85. The number of nitrogens with one attached hydrogen (secondary N) is 1. The zero-order valence-electron chi connectivity index (χ0n) is 11.9. The third kappa shape index (κ3) is 2.89. The van der Waals surface area contributed by atoms with E-state index in [0.29, 0.717) is 12.1 Å². The summed E-state index contributed by atoms with van der Waals surface area (Å²) in [5.74, 6) is 1.76. The lowest BCUT2D eigenvalue weighted by Crippen LogP contribution is -2.60. The topological polar surface area (TPSA) is 24.5 Å². The number of rotatable bonds is 4. The number of nitrogens with zero attached hydrogens (tertiary/aromatic N) is 1. The smallest absolute Gasteiger partial charge is 0.0622 e. The molecular formula is C15H28N2O. The molecule has 3 unspecified atom stereocenters. The largest absolute Gasteiger partial charge is 0.380 e. The van der Waals surface area contributed by atoms with Crippen LogP contribution in [0.3, 0.4) is 0 Å². The summed E-state index contributed by atoms with van der Waals surface area (Å²) in [5.41, 5.74) is 0. The lowest BCUT2D eigenvalue weighted by Gasteiger charge is -2.44. The van der Waals surface area contributed by atoms with Gasteiger partial charge >= 0.3 is 0 Å². The molecule has 3 rings (SSSR count). The zero-order valence-corrected chi connectivity index (χ0v) is 11.9. The fourth-order valence-corrected chi connectivity index (χ4v) is 3.71. The maximum absolute atomic E-state index is 5.61. The molecular weight excluding hydrogens is 224 g/mol. The van der Waals surface area contributed by atoms with Crippen LogP contribution in [-0.4, -0.2) is 49.3 Å². The standard InChI is InChI=1S/C15H28N2O/c1-11(2)7-13-9-17(14-5-6-18-10-14)15(8-16-13)12-3-4-12/h11-16H,3-10H2,1-2H3. The Kier molecular flexibility index (Phi) is 3.92. The highest BCUT2D eigenvalue weighted by Gasteiger charge is 2.42. The molecule has 104 valence electrons. The van der Waals surface area contributed by atoms with Gasteiger partial charge in [-0.05, 0) is 37.5 Å². The maximum Gasteiger partial charge on any atom is 0.0622 e. The molecule has 2 heterocycles. The van der Waals surface area contributed by atoms with Crippen molar-refractivity contribution in [3.05, 3.63) is 0 Å². The van der Waals surface area contributed by atoms with Gasteiger partial charge in [-0.1, -0.05) is 13.8 Å². The van der Waals surface area contributed by atoms with Crippen molar-refractivity contribution in [3.63, 3.8) is 0 Å². The van der Waals surface area contributed by atoms with E-state index < -0.39 is 0 Å². The number of ether oxygens (including phenoxy) is 1.